The summed E-state index contributed by atoms with van der Waals surface area (Å²) in [4.78, 5) is 2.28. The largest absolute Gasteiger partial charge is 0.369 e. The fourth-order valence-electron chi connectivity index (χ4n) is 2.40. The average molecular weight is 222 g/mol. The Labute approximate surface area is 96.2 Å². The zero-order valence-electron chi connectivity index (χ0n) is 9.75. The number of benzene rings is 1. The molecule has 2 N–H and O–H groups in total. The summed E-state index contributed by atoms with van der Waals surface area (Å²) in [5.74, 6) is -0.185. The molecule has 1 aliphatic rings. The van der Waals surface area contributed by atoms with Gasteiger partial charge in [-0.3, -0.25) is 0 Å². The van der Waals surface area contributed by atoms with E-state index in [0.29, 0.717) is 12.6 Å². The van der Waals surface area contributed by atoms with E-state index in [-0.39, 0.29) is 5.82 Å². The fourth-order valence-corrected chi connectivity index (χ4v) is 2.40. The lowest BCUT2D eigenvalue weighted by Crippen LogP contribution is -2.37. The first-order valence-corrected chi connectivity index (χ1v) is 5.97. The lowest BCUT2D eigenvalue weighted by atomic mass is 10.0. The van der Waals surface area contributed by atoms with E-state index in [1.807, 2.05) is 6.07 Å². The van der Waals surface area contributed by atoms with Gasteiger partial charge in [0.2, 0.25) is 0 Å². The van der Waals surface area contributed by atoms with Crippen LogP contribution in [0.2, 0.25) is 0 Å². The van der Waals surface area contributed by atoms with Crippen LogP contribution in [0.25, 0.3) is 0 Å². The second-order valence-corrected chi connectivity index (χ2v) is 4.56. The SMILES string of the molecule is CC1CCCCN1c1cc(F)cc(CN)c1. The Kier molecular flexibility index (Phi) is 3.44. The summed E-state index contributed by atoms with van der Waals surface area (Å²) in [6, 6.07) is 5.63. The van der Waals surface area contributed by atoms with Crippen molar-refractivity contribution in [3.63, 3.8) is 0 Å². The van der Waals surface area contributed by atoms with E-state index in [0.717, 1.165) is 17.8 Å². The number of anilines is 1. The van der Waals surface area contributed by atoms with Crippen LogP contribution in [0.1, 0.15) is 31.7 Å². The van der Waals surface area contributed by atoms with Crippen LogP contribution in [0.4, 0.5) is 10.1 Å². The van der Waals surface area contributed by atoms with Crippen molar-refractivity contribution in [1.29, 1.82) is 0 Å². The smallest absolute Gasteiger partial charge is 0.125 e. The number of piperidine rings is 1. The van der Waals surface area contributed by atoms with Crippen molar-refractivity contribution >= 4 is 5.69 Å². The molecule has 1 fully saturated rings. The second kappa shape index (κ2) is 4.83. The van der Waals surface area contributed by atoms with E-state index in [1.165, 1.54) is 25.3 Å². The van der Waals surface area contributed by atoms with Crippen molar-refractivity contribution < 1.29 is 4.39 Å². The van der Waals surface area contributed by atoms with Crippen molar-refractivity contribution in [2.75, 3.05) is 11.4 Å². The Hall–Kier alpha value is -1.09. The molecule has 0 aliphatic carbocycles. The molecule has 1 saturated heterocycles. The van der Waals surface area contributed by atoms with Crippen LogP contribution < -0.4 is 10.6 Å². The van der Waals surface area contributed by atoms with Gasteiger partial charge in [0.1, 0.15) is 5.82 Å². The minimum atomic E-state index is -0.185. The third-order valence-electron chi connectivity index (χ3n) is 3.31. The number of hydrogen-bond donors (Lipinski definition) is 1. The van der Waals surface area contributed by atoms with Crippen LogP contribution in [0.3, 0.4) is 0 Å². The molecule has 0 radical (unpaired) electrons. The Morgan fingerprint density at radius 2 is 2.19 bits per heavy atom. The second-order valence-electron chi connectivity index (χ2n) is 4.56. The van der Waals surface area contributed by atoms with Gasteiger partial charge in [-0.1, -0.05) is 0 Å². The monoisotopic (exact) mass is 222 g/mol. The summed E-state index contributed by atoms with van der Waals surface area (Å²) in [7, 11) is 0. The molecule has 1 heterocycles. The van der Waals surface area contributed by atoms with Gasteiger partial charge in [0.05, 0.1) is 0 Å². The molecule has 0 bridgehead atoms. The zero-order chi connectivity index (χ0) is 11.5. The number of nitrogens with two attached hydrogens (primary N) is 1. The summed E-state index contributed by atoms with van der Waals surface area (Å²) < 4.78 is 13.4. The number of halogens is 1. The van der Waals surface area contributed by atoms with Crippen LogP contribution >= 0.6 is 0 Å². The molecule has 2 rings (SSSR count). The molecule has 3 heteroatoms. The van der Waals surface area contributed by atoms with Crippen LogP contribution in [0, 0.1) is 5.82 Å². The molecule has 1 aliphatic heterocycles. The van der Waals surface area contributed by atoms with E-state index < -0.39 is 0 Å². The molecule has 0 spiro atoms. The quantitative estimate of drug-likeness (QED) is 0.833. The molecule has 0 amide bonds. The molecular formula is C13H19FN2. The molecule has 0 saturated carbocycles. The number of rotatable bonds is 2. The number of hydrogen-bond acceptors (Lipinski definition) is 2. The van der Waals surface area contributed by atoms with Crippen molar-refractivity contribution in [2.45, 2.75) is 38.8 Å². The molecule has 0 aromatic heterocycles. The normalized spacial score (nSPS) is 21.2. The first-order valence-electron chi connectivity index (χ1n) is 5.97. The molecule has 2 nitrogen and oxygen atoms in total. The van der Waals surface area contributed by atoms with Gasteiger partial charge in [0.15, 0.2) is 0 Å². The highest BCUT2D eigenvalue weighted by Gasteiger charge is 2.19. The minimum absolute atomic E-state index is 0.185. The first kappa shape index (κ1) is 11.4. The van der Waals surface area contributed by atoms with Gasteiger partial charge in [-0.05, 0) is 49.9 Å². The van der Waals surface area contributed by atoms with E-state index in [9.17, 15) is 4.39 Å². The van der Waals surface area contributed by atoms with E-state index >= 15 is 0 Å². The summed E-state index contributed by atoms with van der Waals surface area (Å²) >= 11 is 0. The third kappa shape index (κ3) is 2.35. The van der Waals surface area contributed by atoms with Gasteiger partial charge in [0.25, 0.3) is 0 Å². The van der Waals surface area contributed by atoms with Crippen LogP contribution in [0.5, 0.6) is 0 Å². The molecule has 16 heavy (non-hydrogen) atoms. The van der Waals surface area contributed by atoms with Gasteiger partial charge < -0.3 is 10.6 Å². The third-order valence-corrected chi connectivity index (χ3v) is 3.31. The maximum absolute atomic E-state index is 13.4. The summed E-state index contributed by atoms with van der Waals surface area (Å²) in [6.45, 7) is 3.62. The Bertz CT molecular complexity index is 365. The Balaban J connectivity index is 2.27. The molecule has 88 valence electrons. The Morgan fingerprint density at radius 1 is 1.38 bits per heavy atom. The molecule has 1 unspecified atom stereocenters. The summed E-state index contributed by atoms with van der Waals surface area (Å²) in [5.41, 5.74) is 7.41. The maximum atomic E-state index is 13.4. The van der Waals surface area contributed by atoms with Gasteiger partial charge in [-0.2, -0.15) is 0 Å². The fraction of sp³-hybridized carbons (Fsp3) is 0.538. The van der Waals surface area contributed by atoms with Gasteiger partial charge >= 0.3 is 0 Å². The topological polar surface area (TPSA) is 29.3 Å². The van der Waals surface area contributed by atoms with Crippen LogP contribution in [-0.2, 0) is 6.54 Å². The highest BCUT2D eigenvalue weighted by Crippen LogP contribution is 2.26. The predicted molar refractivity (Wildman–Crippen MR) is 65.0 cm³/mol. The van der Waals surface area contributed by atoms with Gasteiger partial charge in [-0.15, -0.1) is 0 Å². The maximum Gasteiger partial charge on any atom is 0.125 e. The lowest BCUT2D eigenvalue weighted by Gasteiger charge is -2.35. The summed E-state index contributed by atoms with van der Waals surface area (Å²) in [5, 5.41) is 0. The van der Waals surface area contributed by atoms with E-state index in [1.54, 1.807) is 6.07 Å². The highest BCUT2D eigenvalue weighted by molar-refractivity contribution is 5.50. The minimum Gasteiger partial charge on any atom is -0.369 e. The molecule has 1 aromatic rings. The zero-order valence-corrected chi connectivity index (χ0v) is 9.75. The van der Waals surface area contributed by atoms with Gasteiger partial charge in [-0.25, -0.2) is 4.39 Å². The van der Waals surface area contributed by atoms with Crippen molar-refractivity contribution in [1.82, 2.24) is 0 Å². The van der Waals surface area contributed by atoms with E-state index in [4.69, 9.17) is 5.73 Å². The van der Waals surface area contributed by atoms with Crippen molar-refractivity contribution in [3.05, 3.63) is 29.6 Å². The first-order chi connectivity index (χ1) is 7.70. The number of nitrogens with zero attached hydrogens (tertiary/aromatic N) is 1. The molecule has 1 aromatic carbocycles. The van der Waals surface area contributed by atoms with Crippen molar-refractivity contribution in [2.24, 2.45) is 5.73 Å². The average Bonchev–Trinajstić information content (AvgIpc) is 2.28. The highest BCUT2D eigenvalue weighted by atomic mass is 19.1. The van der Waals surface area contributed by atoms with Crippen LogP contribution in [0.15, 0.2) is 18.2 Å². The predicted octanol–water partition coefficient (Wildman–Crippen LogP) is 2.66. The summed E-state index contributed by atoms with van der Waals surface area (Å²) in [6.07, 6.45) is 3.66. The van der Waals surface area contributed by atoms with Crippen molar-refractivity contribution in [3.8, 4) is 0 Å². The van der Waals surface area contributed by atoms with Crippen LogP contribution in [-0.4, -0.2) is 12.6 Å². The standard InChI is InChI=1S/C13H19FN2/c1-10-4-2-3-5-16(10)13-7-11(9-15)6-12(14)8-13/h6-8,10H,2-5,9,15H2,1H3. The van der Waals surface area contributed by atoms with Gasteiger partial charge in [0, 0.05) is 24.8 Å². The lowest BCUT2D eigenvalue weighted by molar-refractivity contribution is 0.483. The molecular weight excluding hydrogens is 203 g/mol. The molecule has 1 atom stereocenters. The Morgan fingerprint density at radius 3 is 2.88 bits per heavy atom. The van der Waals surface area contributed by atoms with E-state index in [2.05, 4.69) is 11.8 Å².